The van der Waals surface area contributed by atoms with Gasteiger partial charge in [0.15, 0.2) is 5.76 Å². The fraction of sp³-hybridized carbons (Fsp3) is 0.615. The van der Waals surface area contributed by atoms with E-state index in [2.05, 4.69) is 15.8 Å². The minimum atomic E-state index is -0.350. The minimum absolute atomic E-state index is 0.0153. The van der Waals surface area contributed by atoms with Gasteiger partial charge in [0.2, 0.25) is 11.8 Å². The van der Waals surface area contributed by atoms with Crippen molar-refractivity contribution >= 4 is 11.8 Å². The summed E-state index contributed by atoms with van der Waals surface area (Å²) < 4.78 is 5.30. The van der Waals surface area contributed by atoms with Gasteiger partial charge in [-0.1, -0.05) is 5.16 Å². The molecule has 2 atom stereocenters. The zero-order valence-corrected chi connectivity index (χ0v) is 11.4. The Hall–Kier alpha value is -1.89. The van der Waals surface area contributed by atoms with Crippen molar-refractivity contribution in [3.63, 3.8) is 0 Å². The first-order valence-electron chi connectivity index (χ1n) is 6.89. The molecule has 3 heterocycles. The van der Waals surface area contributed by atoms with Crippen LogP contribution in [0, 0.1) is 6.92 Å². The summed E-state index contributed by atoms with van der Waals surface area (Å²) in [7, 11) is 0. The minimum Gasteiger partial charge on any atom is -0.359 e. The van der Waals surface area contributed by atoms with Crippen LogP contribution in [0.1, 0.15) is 30.3 Å². The van der Waals surface area contributed by atoms with E-state index in [-0.39, 0.29) is 30.4 Å². The van der Waals surface area contributed by atoms with E-state index in [1.54, 1.807) is 0 Å². The number of likely N-dealkylation sites (tertiary alicyclic amines) is 1. The van der Waals surface area contributed by atoms with Gasteiger partial charge in [-0.15, -0.1) is 0 Å². The number of hydrogen-bond acceptors (Lipinski definition) is 5. The lowest BCUT2D eigenvalue weighted by Gasteiger charge is -2.30. The molecule has 2 unspecified atom stereocenters. The molecule has 3 rings (SSSR count). The Kier molecular flexibility index (Phi) is 3.43. The number of nitrogens with one attached hydrogen (secondary N) is 2. The molecule has 2 aliphatic rings. The second-order valence-electron chi connectivity index (χ2n) is 5.30. The normalized spacial score (nSPS) is 26.6. The average molecular weight is 278 g/mol. The molecule has 1 aromatic heterocycles. The largest absolute Gasteiger partial charge is 0.359 e. The Morgan fingerprint density at radius 2 is 2.40 bits per heavy atom. The fourth-order valence-electron chi connectivity index (χ4n) is 2.81. The number of carbonyl (C=O) groups excluding carboxylic acids is 2. The molecule has 0 bridgehead atoms. The van der Waals surface area contributed by atoms with E-state index in [9.17, 15) is 9.59 Å². The number of amides is 2. The number of hydrogen-bond donors (Lipinski definition) is 2. The zero-order valence-electron chi connectivity index (χ0n) is 11.4. The summed E-state index contributed by atoms with van der Waals surface area (Å²) in [5.41, 5.74) is 0.822. The topological polar surface area (TPSA) is 87.5 Å². The maximum absolute atomic E-state index is 12.5. The standard InChI is InChI=1S/C13H18N4O3/c1-8-5-11(20-16-8)10-3-2-4-17(10)13(19)9-6-15-12(18)7-14-9/h5,9-10,14H,2-4,6-7H2,1H3,(H,15,18). The number of carbonyl (C=O) groups is 2. The average Bonchev–Trinajstić information content (AvgIpc) is 3.07. The summed E-state index contributed by atoms with van der Waals surface area (Å²) >= 11 is 0. The molecule has 2 N–H and O–H groups in total. The lowest BCUT2D eigenvalue weighted by molar-refractivity contribution is -0.136. The highest BCUT2D eigenvalue weighted by Crippen LogP contribution is 2.32. The van der Waals surface area contributed by atoms with Gasteiger partial charge in [-0.2, -0.15) is 0 Å². The summed E-state index contributed by atoms with van der Waals surface area (Å²) in [6.07, 6.45) is 1.84. The Bertz CT molecular complexity index is 517. The van der Waals surface area contributed by atoms with Gasteiger partial charge >= 0.3 is 0 Å². The van der Waals surface area contributed by atoms with E-state index >= 15 is 0 Å². The monoisotopic (exact) mass is 278 g/mol. The van der Waals surface area contributed by atoms with Gasteiger partial charge in [-0.3, -0.25) is 14.9 Å². The van der Waals surface area contributed by atoms with Crippen LogP contribution >= 0.6 is 0 Å². The Morgan fingerprint density at radius 1 is 1.55 bits per heavy atom. The maximum Gasteiger partial charge on any atom is 0.242 e. The van der Waals surface area contributed by atoms with Crippen molar-refractivity contribution in [1.29, 1.82) is 0 Å². The van der Waals surface area contributed by atoms with Gasteiger partial charge in [0.1, 0.15) is 6.04 Å². The second-order valence-corrected chi connectivity index (χ2v) is 5.30. The van der Waals surface area contributed by atoms with E-state index in [4.69, 9.17) is 4.52 Å². The number of piperazine rings is 1. The van der Waals surface area contributed by atoms with Gasteiger partial charge in [0, 0.05) is 19.2 Å². The number of aromatic nitrogens is 1. The highest BCUT2D eigenvalue weighted by atomic mass is 16.5. The van der Waals surface area contributed by atoms with E-state index in [1.807, 2.05) is 17.9 Å². The number of rotatable bonds is 2. The molecule has 2 amide bonds. The van der Waals surface area contributed by atoms with Crippen LogP contribution in [0.15, 0.2) is 10.6 Å². The number of nitrogens with zero attached hydrogens (tertiary/aromatic N) is 2. The van der Waals surface area contributed by atoms with Crippen molar-refractivity contribution in [2.45, 2.75) is 31.8 Å². The van der Waals surface area contributed by atoms with Gasteiger partial charge in [0.25, 0.3) is 0 Å². The van der Waals surface area contributed by atoms with Crippen LogP contribution < -0.4 is 10.6 Å². The van der Waals surface area contributed by atoms with Gasteiger partial charge in [0.05, 0.1) is 18.3 Å². The van der Waals surface area contributed by atoms with Gasteiger partial charge in [-0.25, -0.2) is 0 Å². The molecular formula is C13H18N4O3. The zero-order chi connectivity index (χ0) is 14.1. The second kappa shape index (κ2) is 5.24. The van der Waals surface area contributed by atoms with Crippen LogP contribution in [0.25, 0.3) is 0 Å². The predicted molar refractivity (Wildman–Crippen MR) is 69.7 cm³/mol. The molecule has 1 aromatic rings. The molecule has 2 aliphatic heterocycles. The summed E-state index contributed by atoms with van der Waals surface area (Å²) in [6, 6.07) is 1.49. The highest BCUT2D eigenvalue weighted by Gasteiger charge is 2.36. The molecule has 108 valence electrons. The van der Waals surface area contributed by atoms with Crippen LogP contribution in [0.3, 0.4) is 0 Å². The third-order valence-corrected chi connectivity index (χ3v) is 3.82. The molecule has 7 nitrogen and oxygen atoms in total. The highest BCUT2D eigenvalue weighted by molar-refractivity contribution is 5.87. The smallest absolute Gasteiger partial charge is 0.242 e. The van der Waals surface area contributed by atoms with E-state index < -0.39 is 0 Å². The van der Waals surface area contributed by atoms with Crippen molar-refractivity contribution in [3.05, 3.63) is 17.5 Å². The van der Waals surface area contributed by atoms with Crippen LogP contribution in [-0.4, -0.2) is 47.5 Å². The predicted octanol–water partition coefficient (Wildman–Crippen LogP) is -0.265. The lowest BCUT2D eigenvalue weighted by Crippen LogP contribution is -2.58. The molecule has 2 fully saturated rings. The van der Waals surface area contributed by atoms with E-state index in [0.717, 1.165) is 30.8 Å². The van der Waals surface area contributed by atoms with Crippen LogP contribution in [0.2, 0.25) is 0 Å². The van der Waals surface area contributed by atoms with E-state index in [0.29, 0.717) is 6.54 Å². The molecule has 20 heavy (non-hydrogen) atoms. The molecule has 0 aromatic carbocycles. The SMILES string of the molecule is Cc1cc(C2CCCN2C(=O)C2CNC(=O)CN2)on1. The van der Waals surface area contributed by atoms with Crippen molar-refractivity contribution < 1.29 is 14.1 Å². The maximum atomic E-state index is 12.5. The third-order valence-electron chi connectivity index (χ3n) is 3.82. The Morgan fingerprint density at radius 3 is 3.05 bits per heavy atom. The van der Waals surface area contributed by atoms with Gasteiger partial charge < -0.3 is 14.7 Å². The third kappa shape index (κ3) is 2.40. The fourth-order valence-corrected chi connectivity index (χ4v) is 2.81. The molecule has 0 saturated carbocycles. The number of aryl methyl sites for hydroxylation is 1. The van der Waals surface area contributed by atoms with Crippen molar-refractivity contribution in [1.82, 2.24) is 20.7 Å². The van der Waals surface area contributed by atoms with Crippen LogP contribution in [0.4, 0.5) is 0 Å². The molecule has 0 spiro atoms. The lowest BCUT2D eigenvalue weighted by atomic mass is 10.1. The van der Waals surface area contributed by atoms with Gasteiger partial charge in [-0.05, 0) is 19.8 Å². The quantitative estimate of drug-likeness (QED) is 0.778. The van der Waals surface area contributed by atoms with Crippen molar-refractivity contribution in [3.8, 4) is 0 Å². The van der Waals surface area contributed by atoms with Crippen molar-refractivity contribution in [2.75, 3.05) is 19.6 Å². The first-order chi connectivity index (χ1) is 9.65. The summed E-state index contributed by atoms with van der Waals surface area (Å²) in [4.78, 5) is 25.5. The first kappa shape index (κ1) is 13.1. The summed E-state index contributed by atoms with van der Waals surface area (Å²) in [5, 5.41) is 9.58. The molecule has 7 heteroatoms. The molecule has 0 radical (unpaired) electrons. The van der Waals surface area contributed by atoms with Crippen molar-refractivity contribution in [2.24, 2.45) is 0 Å². The van der Waals surface area contributed by atoms with Crippen LogP contribution in [-0.2, 0) is 9.59 Å². The first-order valence-corrected chi connectivity index (χ1v) is 6.89. The Labute approximate surface area is 116 Å². The Balaban J connectivity index is 1.71. The summed E-state index contributed by atoms with van der Waals surface area (Å²) in [6.45, 7) is 3.12. The molecular weight excluding hydrogens is 260 g/mol. The van der Waals surface area contributed by atoms with Crippen LogP contribution in [0.5, 0.6) is 0 Å². The molecule has 2 saturated heterocycles. The molecule has 0 aliphatic carbocycles. The summed E-state index contributed by atoms with van der Waals surface area (Å²) in [5.74, 6) is 0.688. The van der Waals surface area contributed by atoms with E-state index in [1.165, 1.54) is 0 Å².